The molecule has 0 N–H and O–H groups in total. The maximum atomic E-state index is 4.30. The van der Waals surface area contributed by atoms with Crippen molar-refractivity contribution in [3.05, 3.63) is 66.4 Å². The lowest BCUT2D eigenvalue weighted by Gasteiger charge is -2.07. The number of hydrogen-bond donors (Lipinski definition) is 0. The summed E-state index contributed by atoms with van der Waals surface area (Å²) in [4.78, 5) is 0. The SMILES string of the molecule is CCCCc1ccccc1-n1cc(-c2ccccc2)nn1. The lowest BCUT2D eigenvalue weighted by atomic mass is 10.1. The highest BCUT2D eigenvalue weighted by Crippen LogP contribution is 2.20. The Morgan fingerprint density at radius 1 is 0.952 bits per heavy atom. The van der Waals surface area contributed by atoms with Crippen LogP contribution >= 0.6 is 0 Å². The number of hydrogen-bond acceptors (Lipinski definition) is 2. The molecule has 0 atom stereocenters. The molecule has 0 aliphatic heterocycles. The van der Waals surface area contributed by atoms with Gasteiger partial charge in [-0.2, -0.15) is 0 Å². The first-order valence-electron chi connectivity index (χ1n) is 7.44. The van der Waals surface area contributed by atoms with Crippen molar-refractivity contribution in [1.82, 2.24) is 15.0 Å². The first kappa shape index (κ1) is 13.6. The predicted molar refractivity (Wildman–Crippen MR) is 85.4 cm³/mol. The Morgan fingerprint density at radius 2 is 1.71 bits per heavy atom. The average molecular weight is 277 g/mol. The molecular weight excluding hydrogens is 258 g/mol. The van der Waals surface area contributed by atoms with Gasteiger partial charge in [-0.05, 0) is 24.5 Å². The van der Waals surface area contributed by atoms with Crippen molar-refractivity contribution in [2.45, 2.75) is 26.2 Å². The van der Waals surface area contributed by atoms with Gasteiger partial charge in [-0.15, -0.1) is 5.10 Å². The van der Waals surface area contributed by atoms with Crippen LogP contribution in [0.1, 0.15) is 25.3 Å². The second-order valence-electron chi connectivity index (χ2n) is 5.15. The van der Waals surface area contributed by atoms with E-state index >= 15 is 0 Å². The molecule has 2 aromatic carbocycles. The molecule has 0 unspecified atom stereocenters. The highest BCUT2D eigenvalue weighted by molar-refractivity contribution is 5.58. The maximum Gasteiger partial charge on any atom is 0.113 e. The Labute approximate surface area is 125 Å². The summed E-state index contributed by atoms with van der Waals surface area (Å²) >= 11 is 0. The molecule has 3 nitrogen and oxygen atoms in total. The first-order valence-corrected chi connectivity index (χ1v) is 7.44. The van der Waals surface area contributed by atoms with Gasteiger partial charge in [0.15, 0.2) is 0 Å². The monoisotopic (exact) mass is 277 g/mol. The van der Waals surface area contributed by atoms with Crippen LogP contribution in [-0.2, 0) is 6.42 Å². The van der Waals surface area contributed by atoms with E-state index in [4.69, 9.17) is 0 Å². The van der Waals surface area contributed by atoms with Gasteiger partial charge in [0, 0.05) is 5.56 Å². The number of para-hydroxylation sites is 1. The molecule has 0 saturated carbocycles. The van der Waals surface area contributed by atoms with E-state index in [1.807, 2.05) is 29.1 Å². The lowest BCUT2D eigenvalue weighted by Crippen LogP contribution is -2.00. The van der Waals surface area contributed by atoms with Crippen LogP contribution in [0.15, 0.2) is 60.8 Å². The number of aryl methyl sites for hydroxylation is 1. The smallest absolute Gasteiger partial charge is 0.113 e. The molecule has 0 radical (unpaired) electrons. The fourth-order valence-electron chi connectivity index (χ4n) is 2.44. The fraction of sp³-hybridized carbons (Fsp3) is 0.222. The Morgan fingerprint density at radius 3 is 2.52 bits per heavy atom. The summed E-state index contributed by atoms with van der Waals surface area (Å²) < 4.78 is 1.88. The van der Waals surface area contributed by atoms with E-state index in [0.29, 0.717) is 0 Å². The molecule has 1 heterocycles. The molecule has 0 aliphatic rings. The minimum Gasteiger partial charge on any atom is -0.220 e. The second-order valence-corrected chi connectivity index (χ2v) is 5.15. The number of benzene rings is 2. The van der Waals surface area contributed by atoms with Crippen LogP contribution in [0.2, 0.25) is 0 Å². The second kappa shape index (κ2) is 6.35. The summed E-state index contributed by atoms with van der Waals surface area (Å²) in [6.07, 6.45) is 5.46. The Balaban J connectivity index is 1.93. The van der Waals surface area contributed by atoms with E-state index in [1.165, 1.54) is 18.4 Å². The van der Waals surface area contributed by atoms with Crippen molar-refractivity contribution in [2.75, 3.05) is 0 Å². The van der Waals surface area contributed by atoms with E-state index < -0.39 is 0 Å². The molecule has 3 heteroatoms. The largest absolute Gasteiger partial charge is 0.220 e. The number of unbranched alkanes of at least 4 members (excludes halogenated alkanes) is 1. The zero-order valence-corrected chi connectivity index (χ0v) is 12.2. The van der Waals surface area contributed by atoms with Crippen LogP contribution in [-0.4, -0.2) is 15.0 Å². The van der Waals surface area contributed by atoms with Gasteiger partial charge < -0.3 is 0 Å². The molecule has 0 aliphatic carbocycles. The van der Waals surface area contributed by atoms with E-state index in [9.17, 15) is 0 Å². The highest BCUT2D eigenvalue weighted by Gasteiger charge is 2.08. The number of rotatable bonds is 5. The third-order valence-corrected chi connectivity index (χ3v) is 3.60. The van der Waals surface area contributed by atoms with Crippen LogP contribution in [0.25, 0.3) is 16.9 Å². The normalized spacial score (nSPS) is 10.7. The molecule has 3 aromatic rings. The summed E-state index contributed by atoms with van der Waals surface area (Å²) in [5.41, 5.74) is 4.44. The zero-order valence-electron chi connectivity index (χ0n) is 12.2. The summed E-state index contributed by atoms with van der Waals surface area (Å²) in [6.45, 7) is 2.21. The van der Waals surface area contributed by atoms with Gasteiger partial charge in [0.2, 0.25) is 0 Å². The molecule has 0 amide bonds. The highest BCUT2D eigenvalue weighted by atomic mass is 15.4. The topological polar surface area (TPSA) is 30.7 Å². The zero-order chi connectivity index (χ0) is 14.5. The van der Waals surface area contributed by atoms with Gasteiger partial charge in [0.05, 0.1) is 11.9 Å². The maximum absolute atomic E-state index is 4.30. The van der Waals surface area contributed by atoms with Crippen molar-refractivity contribution < 1.29 is 0 Å². The van der Waals surface area contributed by atoms with E-state index in [-0.39, 0.29) is 0 Å². The molecule has 106 valence electrons. The summed E-state index contributed by atoms with van der Waals surface area (Å²) in [5.74, 6) is 0. The molecule has 21 heavy (non-hydrogen) atoms. The average Bonchev–Trinajstić information content (AvgIpc) is 3.04. The van der Waals surface area contributed by atoms with Crippen LogP contribution in [0, 0.1) is 0 Å². The minimum absolute atomic E-state index is 0.904. The molecule has 3 rings (SSSR count). The van der Waals surface area contributed by atoms with Crippen molar-refractivity contribution in [3.8, 4) is 16.9 Å². The third-order valence-electron chi connectivity index (χ3n) is 3.60. The van der Waals surface area contributed by atoms with E-state index in [1.54, 1.807) is 0 Å². The first-order chi connectivity index (χ1) is 10.4. The van der Waals surface area contributed by atoms with E-state index in [2.05, 4.69) is 53.6 Å². The van der Waals surface area contributed by atoms with Crippen LogP contribution in [0.3, 0.4) is 0 Å². The Hall–Kier alpha value is -2.42. The Bertz CT molecular complexity index is 701. The molecule has 1 aromatic heterocycles. The van der Waals surface area contributed by atoms with E-state index in [0.717, 1.165) is 23.4 Å². The molecule has 0 spiro atoms. The van der Waals surface area contributed by atoms with Crippen molar-refractivity contribution in [1.29, 1.82) is 0 Å². The van der Waals surface area contributed by atoms with Gasteiger partial charge in [-0.3, -0.25) is 0 Å². The van der Waals surface area contributed by atoms with Gasteiger partial charge in [0.1, 0.15) is 5.69 Å². The molecule has 0 bridgehead atoms. The standard InChI is InChI=1S/C18H19N3/c1-2-3-9-16-12-7-8-13-18(16)21-14-17(19-20-21)15-10-5-4-6-11-15/h4-8,10-14H,2-3,9H2,1H3. The summed E-state index contributed by atoms with van der Waals surface area (Å²) in [7, 11) is 0. The van der Waals surface area contributed by atoms with Crippen LogP contribution in [0.5, 0.6) is 0 Å². The summed E-state index contributed by atoms with van der Waals surface area (Å²) in [5, 5.41) is 8.60. The number of aromatic nitrogens is 3. The molecule has 0 fully saturated rings. The number of nitrogens with zero attached hydrogens (tertiary/aromatic N) is 3. The quantitative estimate of drug-likeness (QED) is 0.697. The van der Waals surface area contributed by atoms with Crippen molar-refractivity contribution in [3.63, 3.8) is 0 Å². The minimum atomic E-state index is 0.904. The van der Waals surface area contributed by atoms with Crippen molar-refractivity contribution in [2.24, 2.45) is 0 Å². The van der Waals surface area contributed by atoms with Gasteiger partial charge in [-0.1, -0.05) is 67.1 Å². The Kier molecular flexibility index (Phi) is 4.10. The van der Waals surface area contributed by atoms with Crippen LogP contribution < -0.4 is 0 Å². The van der Waals surface area contributed by atoms with Gasteiger partial charge >= 0.3 is 0 Å². The molecular formula is C18H19N3. The van der Waals surface area contributed by atoms with Gasteiger partial charge in [0.25, 0.3) is 0 Å². The fourth-order valence-corrected chi connectivity index (χ4v) is 2.44. The molecule has 0 saturated heterocycles. The predicted octanol–water partition coefficient (Wildman–Crippen LogP) is 4.28. The van der Waals surface area contributed by atoms with Gasteiger partial charge in [-0.25, -0.2) is 4.68 Å². The van der Waals surface area contributed by atoms with Crippen molar-refractivity contribution >= 4 is 0 Å². The lowest BCUT2D eigenvalue weighted by molar-refractivity contribution is 0.760. The van der Waals surface area contributed by atoms with Crippen LogP contribution in [0.4, 0.5) is 0 Å². The third kappa shape index (κ3) is 3.02. The summed E-state index contributed by atoms with van der Waals surface area (Å²) in [6, 6.07) is 18.6.